The Morgan fingerprint density at radius 2 is 1.70 bits per heavy atom. The first-order chi connectivity index (χ1) is 9.60. The third-order valence-electron chi connectivity index (χ3n) is 4.65. The molecule has 5 nitrogen and oxygen atoms in total. The maximum absolute atomic E-state index is 12.2. The van der Waals surface area contributed by atoms with Crippen LogP contribution in [0.4, 0.5) is 0 Å². The minimum absolute atomic E-state index is 0.189. The molecule has 0 spiro atoms. The minimum atomic E-state index is 0.189. The zero-order chi connectivity index (χ0) is 14.5. The zero-order valence-corrected chi connectivity index (χ0v) is 12.8. The predicted octanol–water partition coefficient (Wildman–Crippen LogP) is 0.594. The summed E-state index contributed by atoms with van der Waals surface area (Å²) >= 11 is 0. The average Bonchev–Trinajstić information content (AvgIpc) is 2.48. The molecule has 2 aliphatic heterocycles. The lowest BCUT2D eigenvalue weighted by Gasteiger charge is -2.38. The highest BCUT2D eigenvalue weighted by atomic mass is 16.2. The molecule has 2 fully saturated rings. The van der Waals surface area contributed by atoms with Gasteiger partial charge in [0.15, 0.2) is 0 Å². The van der Waals surface area contributed by atoms with Gasteiger partial charge in [-0.1, -0.05) is 6.92 Å². The molecule has 0 N–H and O–H groups in total. The lowest BCUT2D eigenvalue weighted by molar-refractivity contribution is -0.136. The van der Waals surface area contributed by atoms with Crippen molar-refractivity contribution in [2.24, 2.45) is 0 Å². The molecule has 2 aliphatic rings. The van der Waals surface area contributed by atoms with Gasteiger partial charge in [-0.25, -0.2) is 0 Å². The summed E-state index contributed by atoms with van der Waals surface area (Å²) in [6.07, 6.45) is 2.25. The first kappa shape index (κ1) is 15.4. The fraction of sp³-hybridized carbons (Fsp3) is 0.867. The summed E-state index contributed by atoms with van der Waals surface area (Å²) in [5.41, 5.74) is 0. The van der Waals surface area contributed by atoms with E-state index in [4.69, 9.17) is 0 Å². The highest BCUT2D eigenvalue weighted by molar-refractivity contribution is 5.84. The number of hydrogen-bond acceptors (Lipinski definition) is 4. The molecule has 0 aromatic heterocycles. The van der Waals surface area contributed by atoms with Crippen molar-refractivity contribution >= 4 is 11.7 Å². The van der Waals surface area contributed by atoms with Crippen molar-refractivity contribution in [2.75, 3.05) is 45.8 Å². The van der Waals surface area contributed by atoms with E-state index >= 15 is 0 Å². The Morgan fingerprint density at radius 3 is 2.25 bits per heavy atom. The van der Waals surface area contributed by atoms with Gasteiger partial charge in [-0.3, -0.25) is 19.4 Å². The maximum atomic E-state index is 12.2. The van der Waals surface area contributed by atoms with Crippen LogP contribution in [-0.4, -0.2) is 78.2 Å². The second kappa shape index (κ2) is 7.18. The predicted molar refractivity (Wildman–Crippen MR) is 78.6 cm³/mol. The van der Waals surface area contributed by atoms with Gasteiger partial charge in [0.25, 0.3) is 0 Å². The van der Waals surface area contributed by atoms with Crippen LogP contribution in [0.3, 0.4) is 0 Å². The van der Waals surface area contributed by atoms with Crippen LogP contribution in [0, 0.1) is 0 Å². The summed E-state index contributed by atoms with van der Waals surface area (Å²) in [6, 6.07) is 0.640. The van der Waals surface area contributed by atoms with Gasteiger partial charge in [0.2, 0.25) is 5.91 Å². The summed E-state index contributed by atoms with van der Waals surface area (Å²) in [4.78, 5) is 30.0. The highest BCUT2D eigenvalue weighted by Crippen LogP contribution is 2.10. The molecule has 0 radical (unpaired) electrons. The summed E-state index contributed by atoms with van der Waals surface area (Å²) in [6.45, 7) is 10.3. The first-order valence-electron chi connectivity index (χ1n) is 7.86. The Balaban J connectivity index is 1.72. The van der Waals surface area contributed by atoms with E-state index in [1.807, 2.05) is 4.90 Å². The van der Waals surface area contributed by atoms with E-state index in [0.717, 1.165) is 26.2 Å². The van der Waals surface area contributed by atoms with Crippen molar-refractivity contribution in [3.8, 4) is 0 Å². The second-order valence-electron chi connectivity index (χ2n) is 5.99. The van der Waals surface area contributed by atoms with Gasteiger partial charge in [-0.2, -0.15) is 0 Å². The fourth-order valence-electron chi connectivity index (χ4n) is 2.92. The van der Waals surface area contributed by atoms with Crippen molar-refractivity contribution < 1.29 is 9.59 Å². The van der Waals surface area contributed by atoms with Crippen LogP contribution in [0.15, 0.2) is 0 Å². The highest BCUT2D eigenvalue weighted by Gasteiger charge is 2.25. The number of carbonyl (C=O) groups is 2. The molecular weight excluding hydrogens is 254 g/mol. The number of rotatable bonds is 4. The Hall–Kier alpha value is -0.940. The fourth-order valence-corrected chi connectivity index (χ4v) is 2.92. The van der Waals surface area contributed by atoms with Crippen molar-refractivity contribution in [2.45, 2.75) is 39.2 Å². The van der Waals surface area contributed by atoms with E-state index in [1.165, 1.54) is 6.42 Å². The number of Topliss-reactive ketones (excluding diaryl/α,β-unsaturated/α-hetero) is 1. The second-order valence-corrected chi connectivity index (χ2v) is 5.99. The average molecular weight is 281 g/mol. The molecule has 1 unspecified atom stereocenters. The van der Waals surface area contributed by atoms with Gasteiger partial charge in [0.1, 0.15) is 5.78 Å². The molecule has 1 amide bonds. The van der Waals surface area contributed by atoms with Gasteiger partial charge < -0.3 is 4.90 Å². The molecule has 0 bridgehead atoms. The molecular formula is C15H27N3O2. The first-order valence-corrected chi connectivity index (χ1v) is 7.86. The number of hydrogen-bond donors (Lipinski definition) is 0. The Bertz CT molecular complexity index is 341. The van der Waals surface area contributed by atoms with Gasteiger partial charge in [-0.05, 0) is 13.3 Å². The standard InChI is InChI=1S/C15H27N3O2/c1-3-13(2)17-10-8-16(9-11-17)12-15(20)18-6-4-14(19)5-7-18/h13H,3-12H2,1-2H3. The number of likely N-dealkylation sites (tertiary alicyclic amines) is 1. The minimum Gasteiger partial charge on any atom is -0.341 e. The van der Waals surface area contributed by atoms with Gasteiger partial charge in [0, 0.05) is 58.2 Å². The molecule has 2 saturated heterocycles. The van der Waals surface area contributed by atoms with Crippen molar-refractivity contribution in [3.63, 3.8) is 0 Å². The number of ketones is 1. The van der Waals surface area contributed by atoms with Crippen LogP contribution in [-0.2, 0) is 9.59 Å². The lowest BCUT2D eigenvalue weighted by Crippen LogP contribution is -2.52. The van der Waals surface area contributed by atoms with Crippen LogP contribution in [0.2, 0.25) is 0 Å². The smallest absolute Gasteiger partial charge is 0.236 e. The summed E-state index contributed by atoms with van der Waals surface area (Å²) < 4.78 is 0. The third-order valence-corrected chi connectivity index (χ3v) is 4.65. The van der Waals surface area contributed by atoms with Crippen LogP contribution in [0.1, 0.15) is 33.1 Å². The Kier molecular flexibility index (Phi) is 5.54. The van der Waals surface area contributed by atoms with E-state index in [-0.39, 0.29) is 11.7 Å². The zero-order valence-electron chi connectivity index (χ0n) is 12.8. The monoisotopic (exact) mass is 281 g/mol. The Morgan fingerprint density at radius 1 is 1.10 bits per heavy atom. The van der Waals surface area contributed by atoms with E-state index in [1.54, 1.807) is 0 Å². The number of piperidine rings is 1. The van der Waals surface area contributed by atoms with Gasteiger partial charge in [-0.15, -0.1) is 0 Å². The SMILES string of the molecule is CCC(C)N1CCN(CC(=O)N2CCC(=O)CC2)CC1. The van der Waals surface area contributed by atoms with E-state index in [0.29, 0.717) is 38.5 Å². The molecule has 2 rings (SSSR count). The number of amides is 1. The van der Waals surface area contributed by atoms with Crippen LogP contribution in [0.5, 0.6) is 0 Å². The van der Waals surface area contributed by atoms with E-state index in [9.17, 15) is 9.59 Å². The quantitative estimate of drug-likeness (QED) is 0.757. The normalized spacial score (nSPS) is 23.9. The molecule has 114 valence electrons. The van der Waals surface area contributed by atoms with Gasteiger partial charge >= 0.3 is 0 Å². The summed E-state index contributed by atoms with van der Waals surface area (Å²) in [5.74, 6) is 0.478. The van der Waals surface area contributed by atoms with Crippen LogP contribution < -0.4 is 0 Å². The molecule has 1 atom stereocenters. The van der Waals surface area contributed by atoms with Gasteiger partial charge in [0.05, 0.1) is 6.54 Å². The van der Waals surface area contributed by atoms with E-state index < -0.39 is 0 Å². The lowest BCUT2D eigenvalue weighted by atomic mass is 10.1. The van der Waals surface area contributed by atoms with E-state index in [2.05, 4.69) is 23.6 Å². The number of carbonyl (C=O) groups excluding carboxylic acids is 2. The Labute approximate surface area is 121 Å². The molecule has 0 saturated carbocycles. The largest absolute Gasteiger partial charge is 0.341 e. The molecule has 2 heterocycles. The molecule has 5 heteroatoms. The number of piperazine rings is 1. The van der Waals surface area contributed by atoms with Crippen molar-refractivity contribution in [1.29, 1.82) is 0 Å². The molecule has 20 heavy (non-hydrogen) atoms. The van der Waals surface area contributed by atoms with Crippen molar-refractivity contribution in [1.82, 2.24) is 14.7 Å². The maximum Gasteiger partial charge on any atom is 0.236 e. The molecule has 0 aromatic carbocycles. The summed E-state index contributed by atoms with van der Waals surface area (Å²) in [7, 11) is 0. The number of nitrogens with zero attached hydrogens (tertiary/aromatic N) is 3. The molecule has 0 aliphatic carbocycles. The van der Waals surface area contributed by atoms with Crippen LogP contribution >= 0.6 is 0 Å². The van der Waals surface area contributed by atoms with Crippen molar-refractivity contribution in [3.05, 3.63) is 0 Å². The summed E-state index contributed by atoms with van der Waals surface area (Å²) in [5, 5.41) is 0. The van der Waals surface area contributed by atoms with Crippen LogP contribution in [0.25, 0.3) is 0 Å². The topological polar surface area (TPSA) is 43.9 Å². The molecule has 0 aromatic rings. The third kappa shape index (κ3) is 4.03.